The van der Waals surface area contributed by atoms with Crippen LogP contribution in [0.1, 0.15) is 129 Å². The number of carbonyl (C=O) groups is 10. The molecule has 6 rings (SSSR count). The maximum atomic E-state index is 13.8. The maximum absolute atomic E-state index is 13.8. The molecule has 0 bridgehead atoms. The third-order valence-electron chi connectivity index (χ3n) is 18.8. The Morgan fingerprint density at radius 3 is 1.12 bits per heavy atom. The average Bonchev–Trinajstić information content (AvgIpc) is 0.936. The summed E-state index contributed by atoms with van der Waals surface area (Å²) in [6.45, 7) is 22.4. The van der Waals surface area contributed by atoms with Gasteiger partial charge in [0.25, 0.3) is 0 Å². The Bertz CT molecular complexity index is 3890. The molecule has 0 aromatic heterocycles. The van der Waals surface area contributed by atoms with Crippen LogP contribution in [-0.2, 0) is 93.7 Å². The Hall–Kier alpha value is -8.50. The number of sulfonamides is 2. The van der Waals surface area contributed by atoms with Crippen molar-refractivity contribution in [2.75, 3.05) is 151 Å². The molecule has 0 spiro atoms. The van der Waals surface area contributed by atoms with Gasteiger partial charge >= 0.3 is 0 Å². The van der Waals surface area contributed by atoms with Crippen LogP contribution in [0.5, 0.6) is 0 Å². The lowest BCUT2D eigenvalue weighted by Gasteiger charge is -2.28. The lowest BCUT2D eigenvalue weighted by Crippen LogP contribution is -2.48. The number of Topliss-reactive ketones (excluding diaryl/α,β-unsaturated/α-hetero) is 2. The highest BCUT2D eigenvalue weighted by atomic mass is 32.2. The first-order valence-corrected chi connectivity index (χ1v) is 41.8. The van der Waals surface area contributed by atoms with Crippen molar-refractivity contribution in [1.29, 1.82) is 0 Å². The summed E-state index contributed by atoms with van der Waals surface area (Å²) in [6.07, 6.45) is 8.25. The molecule has 8 amide bonds. The summed E-state index contributed by atoms with van der Waals surface area (Å²) in [5.41, 5.74) is 8.07. The van der Waals surface area contributed by atoms with E-state index in [1.807, 2.05) is 27.7 Å². The molecule has 2 fully saturated rings. The van der Waals surface area contributed by atoms with Crippen molar-refractivity contribution in [2.24, 2.45) is 33.8 Å². The summed E-state index contributed by atoms with van der Waals surface area (Å²) in [6, 6.07) is 25.1. The van der Waals surface area contributed by atoms with E-state index >= 15 is 0 Å². The van der Waals surface area contributed by atoms with Crippen LogP contribution in [-0.4, -0.2) is 265 Å². The zero-order valence-corrected chi connectivity index (χ0v) is 68.4. The number of benzene rings is 4. The largest absolute Gasteiger partial charge is 0.368 e. The molecule has 0 aliphatic carbocycles. The summed E-state index contributed by atoms with van der Waals surface area (Å²) in [7, 11) is -7.59. The van der Waals surface area contributed by atoms with Crippen LogP contribution in [0.2, 0.25) is 0 Å². The van der Waals surface area contributed by atoms with E-state index < -0.39 is 26.0 Å². The molecule has 0 atom stereocenters. The van der Waals surface area contributed by atoms with Crippen LogP contribution >= 0.6 is 0 Å². The number of ketones is 2. The molecule has 2 aliphatic rings. The fourth-order valence-electron chi connectivity index (χ4n) is 12.1. The molecule has 4 aromatic carbocycles. The van der Waals surface area contributed by atoms with Gasteiger partial charge in [0.15, 0.2) is 0 Å². The second-order valence-electron chi connectivity index (χ2n) is 29.8. The van der Waals surface area contributed by atoms with E-state index in [9.17, 15) is 73.6 Å². The van der Waals surface area contributed by atoms with Gasteiger partial charge in [0.05, 0.1) is 68.7 Å². The lowest BCUT2D eigenvalue weighted by molar-refractivity contribution is -0.141. The number of nitrogens with two attached hydrogens (primary N) is 3. The Morgan fingerprint density at radius 1 is 0.438 bits per heavy atom. The molecule has 0 radical (unpaired) electrons. The van der Waals surface area contributed by atoms with Crippen molar-refractivity contribution in [3.8, 4) is 0 Å². The molecule has 112 heavy (non-hydrogen) atoms. The molecule has 9 N–H and O–H groups in total. The molecule has 2 aliphatic heterocycles. The fraction of sp³-hybridized carbons (Fsp3) is 0.575. The number of halogens is 2. The molecule has 28 nitrogen and oxygen atoms in total. The number of amides is 8. The highest BCUT2D eigenvalue weighted by Crippen LogP contribution is 2.17. The van der Waals surface area contributed by atoms with Crippen molar-refractivity contribution in [2.45, 2.75) is 142 Å². The molecule has 0 saturated carbocycles. The molecule has 32 heteroatoms. The normalized spacial score (nSPS) is 13.0. The van der Waals surface area contributed by atoms with E-state index in [0.717, 1.165) is 56.6 Å². The summed E-state index contributed by atoms with van der Waals surface area (Å²) >= 11 is 0. The second kappa shape index (κ2) is 50.6. The zero-order chi connectivity index (χ0) is 82.9. The third-order valence-corrected chi connectivity index (χ3v) is 20.6. The average molecular weight is 1610 g/mol. The quantitative estimate of drug-likeness (QED) is 0.0338. The first kappa shape index (κ1) is 95.9. The van der Waals surface area contributed by atoms with Crippen LogP contribution in [0.4, 0.5) is 8.78 Å². The SMILES string of the molecule is CC(=O)CN(CCc1ccc(S(N)(=O)=O)cc1)C(=O)CN(CCC(C)C)C(=O)CNCCN1CCCC1.CC(=O)CN(CCc1ccc(S(N)(=O)=O)cc1)C(=O)CN(CCC(C)C)C(=O)CNCCc1ccccc1F.CC(C)CCN(CC(=O)N(CCCN1CCCC1=O)CC(N)=O)C(=O)CNCCc1ccccc1F. The summed E-state index contributed by atoms with van der Waals surface area (Å²) in [5, 5.41) is 19.6. The minimum Gasteiger partial charge on any atom is -0.368 e. The van der Waals surface area contributed by atoms with E-state index in [0.29, 0.717) is 120 Å². The van der Waals surface area contributed by atoms with Gasteiger partial charge in [-0.25, -0.2) is 35.9 Å². The van der Waals surface area contributed by atoms with Crippen molar-refractivity contribution in [3.05, 3.63) is 131 Å². The number of carbonyl (C=O) groups excluding carboxylic acids is 10. The molecular formula is C80H122F2N14O14S2. The number of primary amides is 1. The lowest BCUT2D eigenvalue weighted by atomic mass is 10.1. The maximum Gasteiger partial charge on any atom is 0.242 e. The van der Waals surface area contributed by atoms with Crippen LogP contribution < -0.4 is 32.0 Å². The summed E-state index contributed by atoms with van der Waals surface area (Å²) in [4.78, 5) is 139. The smallest absolute Gasteiger partial charge is 0.242 e. The molecule has 4 aromatic rings. The van der Waals surface area contributed by atoms with Crippen molar-refractivity contribution in [1.82, 2.24) is 55.1 Å². The van der Waals surface area contributed by atoms with Crippen LogP contribution in [0.15, 0.2) is 107 Å². The molecule has 0 unspecified atom stereocenters. The molecule has 2 heterocycles. The van der Waals surface area contributed by atoms with Gasteiger partial charge in [-0.1, -0.05) is 102 Å². The van der Waals surface area contributed by atoms with E-state index in [-0.39, 0.29) is 153 Å². The molecule has 622 valence electrons. The van der Waals surface area contributed by atoms with E-state index in [1.165, 1.54) is 87.6 Å². The monoisotopic (exact) mass is 1600 g/mol. The van der Waals surface area contributed by atoms with Crippen LogP contribution in [0.3, 0.4) is 0 Å². The second-order valence-corrected chi connectivity index (χ2v) is 32.9. The van der Waals surface area contributed by atoms with Gasteiger partial charge in [0.1, 0.15) is 23.2 Å². The van der Waals surface area contributed by atoms with Gasteiger partial charge in [-0.05, 0) is 187 Å². The fourth-order valence-corrected chi connectivity index (χ4v) is 13.2. The van der Waals surface area contributed by atoms with Gasteiger partial charge in [-0.2, -0.15) is 0 Å². The summed E-state index contributed by atoms with van der Waals surface area (Å²) < 4.78 is 73.5. The van der Waals surface area contributed by atoms with E-state index in [1.54, 1.807) is 70.5 Å². The highest BCUT2D eigenvalue weighted by molar-refractivity contribution is 7.89. The minimum atomic E-state index is -3.81. The van der Waals surface area contributed by atoms with Crippen molar-refractivity contribution < 1.29 is 73.6 Å². The first-order valence-electron chi connectivity index (χ1n) is 38.8. The Kier molecular flexibility index (Phi) is 43.3. The first-order chi connectivity index (χ1) is 53.0. The van der Waals surface area contributed by atoms with Gasteiger partial charge in [-0.15, -0.1) is 0 Å². The van der Waals surface area contributed by atoms with Crippen LogP contribution in [0, 0.1) is 29.4 Å². The number of rotatable bonds is 48. The third kappa shape index (κ3) is 38.8. The van der Waals surface area contributed by atoms with E-state index in [2.05, 4.69) is 34.7 Å². The summed E-state index contributed by atoms with van der Waals surface area (Å²) in [5.74, 6) is -2.01. The number of likely N-dealkylation sites (tertiary alicyclic amines) is 2. The number of nitrogens with one attached hydrogen (secondary N) is 3. The van der Waals surface area contributed by atoms with Gasteiger partial charge in [0, 0.05) is 71.9 Å². The zero-order valence-electron chi connectivity index (χ0n) is 66.8. The molecule has 2 saturated heterocycles. The predicted molar refractivity (Wildman–Crippen MR) is 426 cm³/mol. The highest BCUT2D eigenvalue weighted by Gasteiger charge is 2.28. The standard InChI is InChI=1S/C28H39FN4O5S.C26H40FN5O4.C26H43N5O5S/c1-21(2)13-16-33(27(35)18-31-15-12-24-6-4-5-7-26(24)29)20-28(36)32(19-22(3)34)17-14-23-8-10-25(11-9-23)39(30,37)38;1-20(2)11-16-32(25(35)17-29-12-10-21-7-3-4-8-22(21)27)19-26(36)31(18-23(28)33)15-6-14-30-13-5-9-24(30)34;1-21(2)10-15-31(25(33)18-28-12-17-29-13-4-5-14-29)20-26(34)30(19-22(3)32)16-11-23-6-8-24(9-7-23)37(27,35)36/h4-11,21,31H,12-20H2,1-3H3,(H2,30,37,38);3-4,7-8,20,29H,5-6,9-19H2,1-2H3,(H2,28,33);6-9,21,28H,4-5,10-20H2,1-3H3,(H2,27,35,36). The molecular weight excluding hydrogens is 1480 g/mol. The topological polar surface area (TPSA) is 379 Å². The van der Waals surface area contributed by atoms with Gasteiger partial charge in [-0.3, -0.25) is 47.9 Å². The minimum absolute atomic E-state index is 0.00291. The Labute approximate surface area is 661 Å². The van der Waals surface area contributed by atoms with Crippen molar-refractivity contribution >= 4 is 78.9 Å². The number of hydrogen-bond acceptors (Lipinski definition) is 18. The van der Waals surface area contributed by atoms with E-state index in [4.69, 9.17) is 16.0 Å². The van der Waals surface area contributed by atoms with Gasteiger partial charge in [0.2, 0.25) is 67.3 Å². The number of primary sulfonamides is 2. The predicted octanol–water partition coefficient (Wildman–Crippen LogP) is 4.15. The van der Waals surface area contributed by atoms with Crippen molar-refractivity contribution in [3.63, 3.8) is 0 Å². The van der Waals surface area contributed by atoms with Crippen LogP contribution in [0.25, 0.3) is 0 Å². The number of hydrogen-bond donors (Lipinski definition) is 6. The van der Waals surface area contributed by atoms with Gasteiger partial charge < -0.3 is 60.9 Å². The Balaban J connectivity index is 0.000000355. The number of nitrogens with zero attached hydrogens (tertiary/aromatic N) is 8. The Morgan fingerprint density at radius 2 is 0.795 bits per heavy atom.